The van der Waals surface area contributed by atoms with E-state index in [0.717, 1.165) is 0 Å². The van der Waals surface area contributed by atoms with Crippen LogP contribution < -0.4 is 16.6 Å². The van der Waals surface area contributed by atoms with Crippen LogP contribution in [0.25, 0.3) is 0 Å². The summed E-state index contributed by atoms with van der Waals surface area (Å²) in [6.45, 7) is 0. The highest BCUT2D eigenvalue weighted by molar-refractivity contribution is 6.08. The molecule has 0 saturated carbocycles. The Labute approximate surface area is 108 Å². The second-order valence-electron chi connectivity index (χ2n) is 3.77. The van der Waals surface area contributed by atoms with E-state index in [2.05, 4.69) is 10.7 Å². The highest BCUT2D eigenvalue weighted by atomic mass is 19.1. The van der Waals surface area contributed by atoms with Crippen LogP contribution >= 0.6 is 0 Å². The van der Waals surface area contributed by atoms with E-state index in [9.17, 15) is 13.6 Å². The number of hydrogen-bond donors (Lipinski definition) is 3. The number of para-hydroxylation sites is 1. The fourth-order valence-corrected chi connectivity index (χ4v) is 1.59. The van der Waals surface area contributed by atoms with Crippen molar-refractivity contribution in [2.75, 3.05) is 10.7 Å². The number of anilines is 2. The molecule has 0 heterocycles. The van der Waals surface area contributed by atoms with Gasteiger partial charge in [0.2, 0.25) is 0 Å². The van der Waals surface area contributed by atoms with Crippen LogP contribution in [0.4, 0.5) is 20.2 Å². The highest BCUT2D eigenvalue weighted by Gasteiger charge is 2.14. The average molecular weight is 263 g/mol. The molecule has 4 N–H and O–H groups in total. The zero-order valence-electron chi connectivity index (χ0n) is 9.78. The molecule has 2 aromatic carbocycles. The molecule has 98 valence electrons. The summed E-state index contributed by atoms with van der Waals surface area (Å²) in [5.41, 5.74) is 2.51. The number of carbonyl (C=O) groups excluding carboxylic acids is 1. The normalized spacial score (nSPS) is 10.1. The Hall–Kier alpha value is -2.47. The molecule has 0 atom stereocenters. The van der Waals surface area contributed by atoms with Crippen molar-refractivity contribution >= 4 is 17.3 Å². The molecule has 4 nitrogen and oxygen atoms in total. The molecule has 0 aliphatic carbocycles. The molecule has 0 fully saturated rings. The van der Waals surface area contributed by atoms with Gasteiger partial charge in [0.1, 0.15) is 11.6 Å². The molecule has 2 aromatic rings. The lowest BCUT2D eigenvalue weighted by atomic mass is 10.1. The first-order valence-electron chi connectivity index (χ1n) is 5.44. The first kappa shape index (κ1) is 13.0. The van der Waals surface area contributed by atoms with Crippen molar-refractivity contribution < 1.29 is 13.6 Å². The van der Waals surface area contributed by atoms with E-state index in [0.29, 0.717) is 5.69 Å². The molecule has 0 saturated heterocycles. The fraction of sp³-hybridized carbons (Fsp3) is 0. The summed E-state index contributed by atoms with van der Waals surface area (Å²) in [6.07, 6.45) is 0. The van der Waals surface area contributed by atoms with Gasteiger partial charge in [-0.15, -0.1) is 0 Å². The van der Waals surface area contributed by atoms with Gasteiger partial charge in [0.25, 0.3) is 5.91 Å². The first-order valence-corrected chi connectivity index (χ1v) is 5.44. The molecule has 0 aliphatic rings. The van der Waals surface area contributed by atoms with Crippen molar-refractivity contribution in [3.05, 3.63) is 59.7 Å². The third kappa shape index (κ3) is 2.86. The Kier molecular flexibility index (Phi) is 3.72. The lowest BCUT2D eigenvalue weighted by molar-refractivity contribution is 0.102. The predicted molar refractivity (Wildman–Crippen MR) is 68.6 cm³/mol. The summed E-state index contributed by atoms with van der Waals surface area (Å²) in [5.74, 6) is 3.60. The molecule has 19 heavy (non-hydrogen) atoms. The largest absolute Gasteiger partial charge is 0.322 e. The molecule has 0 bridgehead atoms. The summed E-state index contributed by atoms with van der Waals surface area (Å²) in [5, 5.41) is 2.52. The number of nitrogens with one attached hydrogen (secondary N) is 2. The number of halogens is 2. The van der Waals surface area contributed by atoms with Crippen LogP contribution in [0.5, 0.6) is 0 Å². The van der Waals surface area contributed by atoms with Gasteiger partial charge in [0.15, 0.2) is 0 Å². The SMILES string of the molecule is NNc1c(F)cccc1C(=O)Nc1ccc(F)cc1. The molecule has 0 aliphatic heterocycles. The Morgan fingerprint density at radius 3 is 2.37 bits per heavy atom. The zero-order valence-corrected chi connectivity index (χ0v) is 9.78. The third-order valence-corrected chi connectivity index (χ3v) is 2.50. The smallest absolute Gasteiger partial charge is 0.257 e. The van der Waals surface area contributed by atoms with Crippen LogP contribution in [0.1, 0.15) is 10.4 Å². The standard InChI is InChI=1S/C13H11F2N3O/c14-8-4-6-9(7-5-8)17-13(19)10-2-1-3-11(15)12(10)18-16/h1-7,18H,16H2,(H,17,19). The third-order valence-electron chi connectivity index (χ3n) is 2.50. The monoisotopic (exact) mass is 263 g/mol. The Balaban J connectivity index is 2.25. The second kappa shape index (κ2) is 5.45. The molecule has 0 spiro atoms. The number of nitrogen functional groups attached to an aromatic ring is 1. The van der Waals surface area contributed by atoms with Crippen molar-refractivity contribution in [3.63, 3.8) is 0 Å². The lowest BCUT2D eigenvalue weighted by Crippen LogP contribution is -2.18. The summed E-state index contributed by atoms with van der Waals surface area (Å²) >= 11 is 0. The summed E-state index contributed by atoms with van der Waals surface area (Å²) < 4.78 is 26.2. The van der Waals surface area contributed by atoms with Gasteiger partial charge in [0.05, 0.1) is 11.3 Å². The number of rotatable bonds is 3. The predicted octanol–water partition coefficient (Wildman–Crippen LogP) is 2.50. The van der Waals surface area contributed by atoms with E-state index in [4.69, 9.17) is 5.84 Å². The topological polar surface area (TPSA) is 67.1 Å². The van der Waals surface area contributed by atoms with E-state index < -0.39 is 17.5 Å². The van der Waals surface area contributed by atoms with Crippen molar-refractivity contribution in [1.82, 2.24) is 0 Å². The van der Waals surface area contributed by atoms with Gasteiger partial charge in [-0.2, -0.15) is 0 Å². The minimum atomic E-state index is -0.630. The zero-order chi connectivity index (χ0) is 13.8. The van der Waals surface area contributed by atoms with Gasteiger partial charge in [-0.1, -0.05) is 6.07 Å². The number of nitrogens with two attached hydrogens (primary N) is 1. The maximum Gasteiger partial charge on any atom is 0.257 e. The number of hydrogen-bond acceptors (Lipinski definition) is 3. The molecule has 0 radical (unpaired) electrons. The van der Waals surface area contributed by atoms with E-state index in [-0.39, 0.29) is 11.3 Å². The van der Waals surface area contributed by atoms with E-state index in [1.54, 1.807) is 0 Å². The van der Waals surface area contributed by atoms with Gasteiger partial charge >= 0.3 is 0 Å². The van der Waals surface area contributed by atoms with Gasteiger partial charge in [0, 0.05) is 5.69 Å². The number of hydrazine groups is 1. The Morgan fingerprint density at radius 2 is 1.74 bits per heavy atom. The summed E-state index contributed by atoms with van der Waals surface area (Å²) in [7, 11) is 0. The van der Waals surface area contributed by atoms with Crippen LogP contribution in [-0.4, -0.2) is 5.91 Å². The number of benzene rings is 2. The second-order valence-corrected chi connectivity index (χ2v) is 3.77. The Bertz CT molecular complexity index is 599. The van der Waals surface area contributed by atoms with Crippen molar-refractivity contribution in [3.8, 4) is 0 Å². The molecule has 0 unspecified atom stereocenters. The minimum absolute atomic E-state index is 0.0619. The lowest BCUT2D eigenvalue weighted by Gasteiger charge is -2.10. The molecule has 1 amide bonds. The molecule has 0 aromatic heterocycles. The van der Waals surface area contributed by atoms with E-state index in [1.165, 1.54) is 42.5 Å². The van der Waals surface area contributed by atoms with Crippen LogP contribution in [0, 0.1) is 11.6 Å². The van der Waals surface area contributed by atoms with Gasteiger partial charge in [-0.3, -0.25) is 10.6 Å². The molecular weight excluding hydrogens is 252 g/mol. The Morgan fingerprint density at radius 1 is 1.05 bits per heavy atom. The van der Waals surface area contributed by atoms with Gasteiger partial charge in [-0.25, -0.2) is 8.78 Å². The average Bonchev–Trinajstić information content (AvgIpc) is 2.41. The number of carbonyl (C=O) groups is 1. The number of amides is 1. The van der Waals surface area contributed by atoms with Gasteiger partial charge in [-0.05, 0) is 36.4 Å². The van der Waals surface area contributed by atoms with E-state index >= 15 is 0 Å². The van der Waals surface area contributed by atoms with Crippen LogP contribution in [0.2, 0.25) is 0 Å². The fourth-order valence-electron chi connectivity index (χ4n) is 1.59. The van der Waals surface area contributed by atoms with E-state index in [1.807, 2.05) is 0 Å². The maximum absolute atomic E-state index is 13.4. The molecular formula is C13H11F2N3O. The van der Waals surface area contributed by atoms with Gasteiger partial charge < -0.3 is 10.7 Å². The summed E-state index contributed by atoms with van der Waals surface area (Å²) in [4.78, 5) is 12.0. The van der Waals surface area contributed by atoms with Crippen molar-refractivity contribution in [2.24, 2.45) is 5.84 Å². The van der Waals surface area contributed by atoms with Crippen LogP contribution in [0.15, 0.2) is 42.5 Å². The van der Waals surface area contributed by atoms with Crippen LogP contribution in [-0.2, 0) is 0 Å². The maximum atomic E-state index is 13.4. The quantitative estimate of drug-likeness (QED) is 0.588. The highest BCUT2D eigenvalue weighted by Crippen LogP contribution is 2.20. The molecule has 6 heteroatoms. The van der Waals surface area contributed by atoms with Crippen molar-refractivity contribution in [1.29, 1.82) is 0 Å². The first-order chi connectivity index (χ1) is 9.11. The minimum Gasteiger partial charge on any atom is -0.322 e. The van der Waals surface area contributed by atoms with Crippen LogP contribution in [0.3, 0.4) is 0 Å². The summed E-state index contributed by atoms with van der Waals surface area (Å²) in [6, 6.07) is 9.24. The van der Waals surface area contributed by atoms with Crippen molar-refractivity contribution in [2.45, 2.75) is 0 Å². The molecule has 2 rings (SSSR count).